The Labute approximate surface area is 207 Å². The Hall–Kier alpha value is -0.830. The van der Waals surface area contributed by atoms with Gasteiger partial charge >= 0.3 is 5.97 Å². The average molecular weight is 467 g/mol. The molecule has 0 rings (SSSR count). The molecule has 3 nitrogen and oxygen atoms in total. The molecule has 0 aromatic rings. The Bertz CT molecular complexity index is 419. The van der Waals surface area contributed by atoms with Crippen molar-refractivity contribution < 1.29 is 14.3 Å². The van der Waals surface area contributed by atoms with Gasteiger partial charge in [0.1, 0.15) is 0 Å². The minimum Gasteiger partial charge on any atom is -0.467 e. The first-order valence-corrected chi connectivity index (χ1v) is 14.5. The van der Waals surface area contributed by atoms with Crippen molar-refractivity contribution >= 4 is 5.97 Å². The molecule has 0 aromatic heterocycles. The Balaban J connectivity index is 3.17. The fourth-order valence-electron chi connectivity index (χ4n) is 4.45. The van der Waals surface area contributed by atoms with Crippen molar-refractivity contribution in [2.45, 2.75) is 161 Å². The van der Waals surface area contributed by atoms with Crippen molar-refractivity contribution in [3.05, 3.63) is 12.2 Å². The summed E-state index contributed by atoms with van der Waals surface area (Å²) in [4.78, 5) is 11.5. The number of allylic oxidation sites excluding steroid dienone is 2. The first-order chi connectivity index (χ1) is 16.3. The molecule has 0 amide bonds. The number of ether oxygens (including phenoxy) is 2. The van der Waals surface area contributed by atoms with Gasteiger partial charge in [0.2, 0.25) is 0 Å². The van der Waals surface area contributed by atoms with E-state index in [2.05, 4.69) is 19.1 Å². The van der Waals surface area contributed by atoms with Crippen LogP contribution in [0.25, 0.3) is 0 Å². The normalized spacial score (nSPS) is 12.5. The molecule has 1 atom stereocenters. The number of esters is 1. The van der Waals surface area contributed by atoms with E-state index in [0.717, 1.165) is 12.8 Å². The second kappa shape index (κ2) is 27.4. The van der Waals surface area contributed by atoms with Crippen LogP contribution in [0.5, 0.6) is 0 Å². The summed E-state index contributed by atoms with van der Waals surface area (Å²) >= 11 is 0. The Morgan fingerprint density at radius 3 is 1.30 bits per heavy atom. The van der Waals surface area contributed by atoms with Crippen molar-refractivity contribution in [2.24, 2.45) is 0 Å². The zero-order chi connectivity index (χ0) is 24.2. The topological polar surface area (TPSA) is 35.5 Å². The molecule has 196 valence electrons. The standard InChI is InChI=1S/C30H58O3/c1-4-5-6-7-8-9-10-11-12-13-14-15-16-17-18-19-20-21-22-23-24-25-26-27-28-29(32-2)30(31)33-3/h9-10,29H,4-8,11-28H2,1-3H3/b10-9+. The van der Waals surface area contributed by atoms with Gasteiger partial charge in [0, 0.05) is 7.11 Å². The third kappa shape index (κ3) is 24.1. The molecule has 0 fully saturated rings. The number of carbonyl (C=O) groups excluding carboxylic acids is 1. The molecule has 0 bridgehead atoms. The van der Waals surface area contributed by atoms with Gasteiger partial charge in [-0.05, 0) is 32.1 Å². The summed E-state index contributed by atoms with van der Waals surface area (Å²) in [6.07, 6.45) is 35.1. The van der Waals surface area contributed by atoms with Crippen LogP contribution in [-0.2, 0) is 14.3 Å². The van der Waals surface area contributed by atoms with E-state index in [-0.39, 0.29) is 12.1 Å². The molecule has 0 spiro atoms. The van der Waals surface area contributed by atoms with E-state index < -0.39 is 0 Å². The first kappa shape index (κ1) is 32.2. The summed E-state index contributed by atoms with van der Waals surface area (Å²) < 4.78 is 9.92. The second-order valence-corrected chi connectivity index (χ2v) is 9.80. The fourth-order valence-corrected chi connectivity index (χ4v) is 4.45. The number of rotatable bonds is 26. The van der Waals surface area contributed by atoms with Crippen molar-refractivity contribution in [3.63, 3.8) is 0 Å². The van der Waals surface area contributed by atoms with E-state index in [1.807, 2.05) is 0 Å². The molecule has 0 aromatic carbocycles. The van der Waals surface area contributed by atoms with Crippen LogP contribution < -0.4 is 0 Å². The molecule has 0 heterocycles. The summed E-state index contributed by atoms with van der Waals surface area (Å²) in [6, 6.07) is 0. The fraction of sp³-hybridized carbons (Fsp3) is 0.900. The lowest BCUT2D eigenvalue weighted by Gasteiger charge is -2.12. The minimum atomic E-state index is -0.382. The molecule has 0 N–H and O–H groups in total. The van der Waals surface area contributed by atoms with Gasteiger partial charge in [0.05, 0.1) is 7.11 Å². The maximum absolute atomic E-state index is 11.5. The predicted molar refractivity (Wildman–Crippen MR) is 144 cm³/mol. The summed E-state index contributed by atoms with van der Waals surface area (Å²) in [6.45, 7) is 2.28. The van der Waals surface area contributed by atoms with Crippen molar-refractivity contribution in [2.75, 3.05) is 14.2 Å². The predicted octanol–water partition coefficient (Wildman–Crippen LogP) is 9.72. The second-order valence-electron chi connectivity index (χ2n) is 9.80. The third-order valence-electron chi connectivity index (χ3n) is 6.73. The molecule has 1 unspecified atom stereocenters. The number of hydrogen-bond donors (Lipinski definition) is 0. The molecule has 0 aliphatic carbocycles. The molecule has 0 saturated heterocycles. The van der Waals surface area contributed by atoms with Gasteiger partial charge in [-0.15, -0.1) is 0 Å². The zero-order valence-corrected chi connectivity index (χ0v) is 22.7. The van der Waals surface area contributed by atoms with Gasteiger partial charge in [0.15, 0.2) is 6.10 Å². The Morgan fingerprint density at radius 1 is 0.576 bits per heavy atom. The lowest BCUT2D eigenvalue weighted by atomic mass is 10.0. The largest absolute Gasteiger partial charge is 0.467 e. The molecule has 0 saturated carbocycles. The maximum atomic E-state index is 11.5. The molecule has 0 aliphatic heterocycles. The van der Waals surface area contributed by atoms with Crippen molar-refractivity contribution in [1.82, 2.24) is 0 Å². The summed E-state index contributed by atoms with van der Waals surface area (Å²) in [5.74, 6) is -0.246. The molecule has 0 radical (unpaired) electrons. The maximum Gasteiger partial charge on any atom is 0.334 e. The highest BCUT2D eigenvalue weighted by Crippen LogP contribution is 2.15. The zero-order valence-electron chi connectivity index (χ0n) is 22.7. The number of carbonyl (C=O) groups is 1. The third-order valence-corrected chi connectivity index (χ3v) is 6.73. The van der Waals surface area contributed by atoms with Gasteiger partial charge in [-0.1, -0.05) is 135 Å². The van der Waals surface area contributed by atoms with Gasteiger partial charge in [-0.3, -0.25) is 0 Å². The number of unbranched alkanes of at least 4 members (excludes halogenated alkanes) is 20. The van der Waals surface area contributed by atoms with E-state index in [9.17, 15) is 4.79 Å². The highest BCUT2D eigenvalue weighted by atomic mass is 16.6. The minimum absolute atomic E-state index is 0.246. The van der Waals surface area contributed by atoms with E-state index >= 15 is 0 Å². The van der Waals surface area contributed by atoms with Crippen LogP contribution in [0.1, 0.15) is 155 Å². The van der Waals surface area contributed by atoms with E-state index in [1.165, 1.54) is 142 Å². The average Bonchev–Trinajstić information content (AvgIpc) is 2.83. The Kier molecular flexibility index (Phi) is 26.7. The highest BCUT2D eigenvalue weighted by molar-refractivity contribution is 5.74. The first-order valence-electron chi connectivity index (χ1n) is 14.5. The Morgan fingerprint density at radius 2 is 0.939 bits per heavy atom. The smallest absolute Gasteiger partial charge is 0.334 e. The van der Waals surface area contributed by atoms with Gasteiger partial charge in [-0.2, -0.15) is 0 Å². The SMILES string of the molecule is CCCCCC/C=C/CCCCCCCCCCCCCCCCCCC(OC)C(=O)OC. The summed E-state index contributed by atoms with van der Waals surface area (Å²) in [5.41, 5.74) is 0. The van der Waals surface area contributed by atoms with Crippen LogP contribution in [-0.4, -0.2) is 26.3 Å². The molecule has 0 aliphatic rings. The van der Waals surface area contributed by atoms with Crippen LogP contribution in [0.4, 0.5) is 0 Å². The quantitative estimate of drug-likeness (QED) is 0.0722. The monoisotopic (exact) mass is 466 g/mol. The van der Waals surface area contributed by atoms with Gasteiger partial charge < -0.3 is 9.47 Å². The summed E-state index contributed by atoms with van der Waals surface area (Å²) in [5, 5.41) is 0. The lowest BCUT2D eigenvalue weighted by Crippen LogP contribution is -2.24. The number of hydrogen-bond acceptors (Lipinski definition) is 3. The van der Waals surface area contributed by atoms with Crippen LogP contribution in [0.15, 0.2) is 12.2 Å². The molecule has 3 heteroatoms. The highest BCUT2D eigenvalue weighted by Gasteiger charge is 2.17. The van der Waals surface area contributed by atoms with Gasteiger partial charge in [-0.25, -0.2) is 4.79 Å². The molecule has 33 heavy (non-hydrogen) atoms. The van der Waals surface area contributed by atoms with Crippen LogP contribution in [0.2, 0.25) is 0 Å². The number of methoxy groups -OCH3 is 2. The lowest BCUT2D eigenvalue weighted by molar-refractivity contribution is -0.152. The van der Waals surface area contributed by atoms with E-state index in [4.69, 9.17) is 9.47 Å². The van der Waals surface area contributed by atoms with Crippen LogP contribution in [0.3, 0.4) is 0 Å². The van der Waals surface area contributed by atoms with E-state index in [0.29, 0.717) is 0 Å². The van der Waals surface area contributed by atoms with Crippen LogP contribution >= 0.6 is 0 Å². The molecular formula is C30H58O3. The van der Waals surface area contributed by atoms with Crippen LogP contribution in [0, 0.1) is 0 Å². The van der Waals surface area contributed by atoms with Gasteiger partial charge in [0.25, 0.3) is 0 Å². The van der Waals surface area contributed by atoms with E-state index in [1.54, 1.807) is 7.11 Å². The van der Waals surface area contributed by atoms with Crippen molar-refractivity contribution in [1.29, 1.82) is 0 Å². The van der Waals surface area contributed by atoms with Crippen molar-refractivity contribution in [3.8, 4) is 0 Å². The summed E-state index contributed by atoms with van der Waals surface area (Å²) in [7, 11) is 3.01. The molecular weight excluding hydrogens is 408 g/mol.